The van der Waals surface area contributed by atoms with Gasteiger partial charge in [0.2, 0.25) is 0 Å². The minimum absolute atomic E-state index is 0.258. The van der Waals surface area contributed by atoms with Gasteiger partial charge in [-0.3, -0.25) is 0 Å². The van der Waals surface area contributed by atoms with Crippen molar-refractivity contribution in [2.75, 3.05) is 5.23 Å². The normalized spacial score (nSPS) is 12.8. The van der Waals surface area contributed by atoms with E-state index in [1.165, 1.54) is 0 Å². The van der Waals surface area contributed by atoms with Crippen LogP contribution in [0.25, 0.3) is 33.1 Å². The van der Waals surface area contributed by atoms with Gasteiger partial charge >= 0.3 is 7.05 Å². The van der Waals surface area contributed by atoms with Crippen molar-refractivity contribution >= 4 is 56.1 Å². The zero-order chi connectivity index (χ0) is 19.4. The van der Waals surface area contributed by atoms with Gasteiger partial charge in [0.1, 0.15) is 16.9 Å². The molecule has 138 valence electrons. The molecule has 0 spiro atoms. The van der Waals surface area contributed by atoms with Crippen LogP contribution in [0.5, 0.6) is 5.75 Å². The predicted molar refractivity (Wildman–Crippen MR) is 123 cm³/mol. The standard InChI is InChI=1S/C24H15BBrNO2/c26-20-11-5-2-8-16(20)15-7-1-4-10-19(15)25-27-21-14-23-18(13-24(21)29-25)17-9-3-6-12-22(17)28-23/h1-14,27H. The Bertz CT molecular complexity index is 1390. The second-order valence-corrected chi connectivity index (χ2v) is 8.01. The van der Waals surface area contributed by atoms with Crippen LogP contribution in [0, 0.1) is 0 Å². The first kappa shape index (κ1) is 16.7. The number of hydrogen-bond donors (Lipinski definition) is 1. The van der Waals surface area contributed by atoms with Gasteiger partial charge in [0, 0.05) is 21.3 Å². The van der Waals surface area contributed by atoms with Crippen LogP contribution in [0.15, 0.2) is 93.8 Å². The summed E-state index contributed by atoms with van der Waals surface area (Å²) in [4.78, 5) is 0. The van der Waals surface area contributed by atoms with Crippen molar-refractivity contribution in [3.05, 3.63) is 89.4 Å². The first-order valence-electron chi connectivity index (χ1n) is 9.50. The molecule has 4 aromatic carbocycles. The molecule has 0 amide bonds. The monoisotopic (exact) mass is 439 g/mol. The minimum Gasteiger partial charge on any atom is -0.536 e. The van der Waals surface area contributed by atoms with E-state index in [1.54, 1.807) is 0 Å². The molecule has 1 aliphatic rings. The third-order valence-corrected chi connectivity index (χ3v) is 6.11. The smallest absolute Gasteiger partial charge is 0.517 e. The molecule has 5 heteroatoms. The van der Waals surface area contributed by atoms with Gasteiger partial charge < -0.3 is 14.3 Å². The Morgan fingerprint density at radius 1 is 0.724 bits per heavy atom. The fraction of sp³-hybridized carbons (Fsp3) is 0. The molecule has 1 aliphatic heterocycles. The average molecular weight is 440 g/mol. The average Bonchev–Trinajstić information content (AvgIpc) is 3.33. The van der Waals surface area contributed by atoms with E-state index in [2.05, 4.69) is 63.6 Å². The van der Waals surface area contributed by atoms with Crippen molar-refractivity contribution in [3.8, 4) is 16.9 Å². The number of para-hydroxylation sites is 1. The molecule has 3 nitrogen and oxygen atoms in total. The zero-order valence-electron chi connectivity index (χ0n) is 15.4. The highest BCUT2D eigenvalue weighted by Gasteiger charge is 2.33. The molecule has 0 aliphatic carbocycles. The third-order valence-electron chi connectivity index (χ3n) is 5.42. The molecule has 5 aromatic rings. The molecule has 1 aromatic heterocycles. The lowest BCUT2D eigenvalue weighted by Crippen LogP contribution is -2.41. The lowest BCUT2D eigenvalue weighted by atomic mass is 9.70. The molecule has 29 heavy (non-hydrogen) atoms. The van der Waals surface area contributed by atoms with Gasteiger partial charge in [-0.15, -0.1) is 0 Å². The maximum absolute atomic E-state index is 6.35. The summed E-state index contributed by atoms with van der Waals surface area (Å²) in [6.45, 7) is 0. The summed E-state index contributed by atoms with van der Waals surface area (Å²) in [5, 5.41) is 5.69. The summed E-state index contributed by atoms with van der Waals surface area (Å²) < 4.78 is 13.4. The Balaban J connectivity index is 1.44. The van der Waals surface area contributed by atoms with Gasteiger partial charge in [0.15, 0.2) is 0 Å². The van der Waals surface area contributed by atoms with Gasteiger partial charge in [0.25, 0.3) is 0 Å². The summed E-state index contributed by atoms with van der Waals surface area (Å²) in [5.41, 5.74) is 6.08. The molecule has 0 bridgehead atoms. The number of benzene rings is 4. The first-order valence-corrected chi connectivity index (χ1v) is 10.3. The molecule has 0 radical (unpaired) electrons. The quantitative estimate of drug-likeness (QED) is 0.332. The Hall–Kier alpha value is -3.18. The van der Waals surface area contributed by atoms with Crippen LogP contribution in [0.1, 0.15) is 0 Å². The van der Waals surface area contributed by atoms with Crippen LogP contribution < -0.4 is 15.3 Å². The SMILES string of the molecule is Brc1ccccc1-c1ccccc1B1Nc2cc3oc4ccccc4c3cc2O1. The predicted octanol–water partition coefficient (Wildman–Crippen LogP) is 6.22. The van der Waals surface area contributed by atoms with Crippen LogP contribution in [-0.2, 0) is 0 Å². The van der Waals surface area contributed by atoms with Gasteiger partial charge in [-0.1, -0.05) is 76.6 Å². The number of fused-ring (bicyclic) bond motifs is 4. The van der Waals surface area contributed by atoms with Crippen molar-refractivity contribution in [2.45, 2.75) is 0 Å². The van der Waals surface area contributed by atoms with E-state index in [0.29, 0.717) is 0 Å². The van der Waals surface area contributed by atoms with Crippen LogP contribution in [0.4, 0.5) is 5.69 Å². The van der Waals surface area contributed by atoms with Gasteiger partial charge in [0.05, 0.1) is 5.69 Å². The highest BCUT2D eigenvalue weighted by Crippen LogP contribution is 2.39. The molecule has 1 N–H and O–H groups in total. The number of anilines is 1. The number of halogens is 1. The Kier molecular flexibility index (Phi) is 3.71. The fourth-order valence-electron chi connectivity index (χ4n) is 4.05. The van der Waals surface area contributed by atoms with E-state index in [1.807, 2.05) is 42.5 Å². The molecule has 0 fully saturated rings. The number of nitrogens with one attached hydrogen (secondary N) is 1. The molecule has 6 rings (SSSR count). The maximum Gasteiger partial charge on any atom is 0.517 e. The summed E-state index contributed by atoms with van der Waals surface area (Å²) in [6.07, 6.45) is 0. The Morgan fingerprint density at radius 3 is 2.38 bits per heavy atom. The van der Waals surface area contributed by atoms with Crippen molar-refractivity contribution in [1.82, 2.24) is 0 Å². The molecular formula is C24H15BBrNO2. The van der Waals surface area contributed by atoms with Crippen LogP contribution in [0.2, 0.25) is 0 Å². The van der Waals surface area contributed by atoms with Gasteiger partial charge in [-0.25, -0.2) is 0 Å². The number of rotatable bonds is 2. The number of furan rings is 1. The molecule has 0 atom stereocenters. The second-order valence-electron chi connectivity index (χ2n) is 7.15. The van der Waals surface area contributed by atoms with E-state index in [-0.39, 0.29) is 7.05 Å². The summed E-state index contributed by atoms with van der Waals surface area (Å²) in [6, 6.07) is 28.8. The van der Waals surface area contributed by atoms with Crippen LogP contribution in [0.3, 0.4) is 0 Å². The molecule has 0 unspecified atom stereocenters. The Labute approximate surface area is 176 Å². The molecule has 0 saturated carbocycles. The lowest BCUT2D eigenvalue weighted by Gasteiger charge is -2.13. The highest BCUT2D eigenvalue weighted by atomic mass is 79.9. The van der Waals surface area contributed by atoms with Crippen molar-refractivity contribution in [3.63, 3.8) is 0 Å². The summed E-state index contributed by atoms with van der Waals surface area (Å²) in [5.74, 6) is 0.844. The summed E-state index contributed by atoms with van der Waals surface area (Å²) >= 11 is 3.68. The molecular weight excluding hydrogens is 425 g/mol. The second kappa shape index (κ2) is 6.43. The van der Waals surface area contributed by atoms with Crippen molar-refractivity contribution < 1.29 is 9.07 Å². The van der Waals surface area contributed by atoms with Crippen LogP contribution in [-0.4, -0.2) is 7.05 Å². The highest BCUT2D eigenvalue weighted by molar-refractivity contribution is 9.10. The lowest BCUT2D eigenvalue weighted by molar-refractivity contribution is 0.606. The zero-order valence-corrected chi connectivity index (χ0v) is 16.9. The number of hydrogen-bond acceptors (Lipinski definition) is 3. The van der Waals surface area contributed by atoms with E-state index in [0.717, 1.165) is 54.4 Å². The maximum atomic E-state index is 6.35. The Morgan fingerprint density at radius 2 is 1.48 bits per heavy atom. The largest absolute Gasteiger partial charge is 0.536 e. The van der Waals surface area contributed by atoms with E-state index in [9.17, 15) is 0 Å². The van der Waals surface area contributed by atoms with Gasteiger partial charge in [-0.2, -0.15) is 0 Å². The molecule has 2 heterocycles. The topological polar surface area (TPSA) is 34.4 Å². The third kappa shape index (κ3) is 2.65. The summed E-state index contributed by atoms with van der Waals surface area (Å²) in [7, 11) is -0.258. The van der Waals surface area contributed by atoms with E-state index >= 15 is 0 Å². The fourth-order valence-corrected chi connectivity index (χ4v) is 4.55. The van der Waals surface area contributed by atoms with Gasteiger partial charge in [-0.05, 0) is 34.8 Å². The van der Waals surface area contributed by atoms with Crippen LogP contribution >= 0.6 is 15.9 Å². The van der Waals surface area contributed by atoms with E-state index in [4.69, 9.17) is 9.07 Å². The van der Waals surface area contributed by atoms with Crippen molar-refractivity contribution in [1.29, 1.82) is 0 Å². The first-order chi connectivity index (χ1) is 14.3. The van der Waals surface area contributed by atoms with E-state index < -0.39 is 0 Å². The molecule has 0 saturated heterocycles. The van der Waals surface area contributed by atoms with Crippen molar-refractivity contribution in [2.24, 2.45) is 0 Å². The minimum atomic E-state index is -0.258.